The van der Waals surface area contributed by atoms with E-state index in [-0.39, 0.29) is 18.0 Å². The van der Waals surface area contributed by atoms with Crippen LogP contribution in [0.2, 0.25) is 0 Å². The van der Waals surface area contributed by atoms with Crippen molar-refractivity contribution in [2.24, 2.45) is 5.73 Å². The molecule has 1 amide bonds. The second-order valence-corrected chi connectivity index (χ2v) is 10.2. The van der Waals surface area contributed by atoms with Gasteiger partial charge >= 0.3 is 0 Å². The zero-order chi connectivity index (χ0) is 22.5. The minimum atomic E-state index is -0.0347. The summed E-state index contributed by atoms with van der Waals surface area (Å²) in [6, 6.07) is 2.32. The number of carbonyl (C=O) groups excluding carboxylic acids is 1. The maximum Gasteiger partial charge on any atom is 0.275 e. The first-order valence-corrected chi connectivity index (χ1v) is 12.6. The summed E-state index contributed by atoms with van der Waals surface area (Å²) in [5, 5.41) is 12.5. The lowest BCUT2D eigenvalue weighted by Crippen LogP contribution is -2.39. The van der Waals surface area contributed by atoms with Crippen molar-refractivity contribution < 1.29 is 4.79 Å². The number of rotatable bonds is 3. The average molecular weight is 448 g/mol. The first-order chi connectivity index (χ1) is 16.1. The lowest BCUT2D eigenvalue weighted by atomic mass is 9.94. The van der Waals surface area contributed by atoms with E-state index in [9.17, 15) is 4.79 Å². The van der Waals surface area contributed by atoms with Crippen LogP contribution in [0.3, 0.4) is 0 Å². The van der Waals surface area contributed by atoms with Gasteiger partial charge in [-0.2, -0.15) is 10.2 Å². The monoisotopic (exact) mass is 447 g/mol. The molecule has 3 N–H and O–H groups in total. The molecule has 33 heavy (non-hydrogen) atoms. The molecule has 3 atom stereocenters. The Balaban J connectivity index is 1.32. The standard InChI is InChI=1S/C25H33N7O/c1-15-14-32-22(27-23(15)16-9-10-17(26)12-16)13-20(30-32)21-8-4-5-11-31(21)25(33)24-18-6-2-3-7-19(18)28-29-24/h13-14,16-17,21H,2-12,26H2,1H3,(H,28,29)/t16?,17-,21-/m0/s1. The zero-order valence-electron chi connectivity index (χ0n) is 19.4. The average Bonchev–Trinajstić information content (AvgIpc) is 3.55. The van der Waals surface area contributed by atoms with Crippen LogP contribution in [0, 0.1) is 6.92 Å². The fraction of sp³-hybridized carbons (Fsp3) is 0.600. The van der Waals surface area contributed by atoms with Gasteiger partial charge in [0.2, 0.25) is 0 Å². The Bertz CT molecular complexity index is 1200. The Morgan fingerprint density at radius 1 is 1.15 bits per heavy atom. The predicted octanol–water partition coefficient (Wildman–Crippen LogP) is 3.60. The number of nitrogens with zero attached hydrogens (tertiary/aromatic N) is 5. The molecule has 4 heterocycles. The molecule has 0 spiro atoms. The molecule has 3 aliphatic rings. The van der Waals surface area contributed by atoms with Gasteiger partial charge in [-0.25, -0.2) is 9.50 Å². The van der Waals surface area contributed by atoms with Crippen molar-refractivity contribution in [3.05, 3.63) is 46.2 Å². The lowest BCUT2D eigenvalue weighted by molar-refractivity contribution is 0.0598. The topological polar surface area (TPSA) is 105 Å². The van der Waals surface area contributed by atoms with Crippen molar-refractivity contribution in [2.75, 3.05) is 6.54 Å². The van der Waals surface area contributed by atoms with Gasteiger partial charge in [-0.15, -0.1) is 0 Å². The Morgan fingerprint density at radius 3 is 2.88 bits per heavy atom. The van der Waals surface area contributed by atoms with Gasteiger partial charge in [0.05, 0.1) is 17.4 Å². The molecule has 1 saturated carbocycles. The summed E-state index contributed by atoms with van der Waals surface area (Å²) in [6.45, 7) is 2.86. The summed E-state index contributed by atoms with van der Waals surface area (Å²) in [5.41, 5.74) is 13.2. The molecule has 8 heteroatoms. The Morgan fingerprint density at radius 2 is 2.03 bits per heavy atom. The highest BCUT2D eigenvalue weighted by Crippen LogP contribution is 2.36. The van der Waals surface area contributed by atoms with E-state index in [4.69, 9.17) is 15.8 Å². The van der Waals surface area contributed by atoms with Gasteiger partial charge in [-0.1, -0.05) is 0 Å². The fourth-order valence-corrected chi connectivity index (χ4v) is 6.16. The smallest absolute Gasteiger partial charge is 0.275 e. The normalized spacial score (nSPS) is 25.5. The van der Waals surface area contributed by atoms with Gasteiger partial charge in [-0.05, 0) is 76.7 Å². The third-order valence-corrected chi connectivity index (χ3v) is 7.91. The van der Waals surface area contributed by atoms with Crippen molar-refractivity contribution in [2.45, 2.75) is 89.1 Å². The van der Waals surface area contributed by atoms with Crippen molar-refractivity contribution in [3.8, 4) is 0 Å². The van der Waals surface area contributed by atoms with Crippen LogP contribution in [0.4, 0.5) is 0 Å². The van der Waals surface area contributed by atoms with E-state index in [1.807, 2.05) is 9.42 Å². The van der Waals surface area contributed by atoms with E-state index in [1.54, 1.807) is 0 Å². The first kappa shape index (κ1) is 20.8. The third-order valence-electron chi connectivity index (χ3n) is 7.91. The number of amides is 1. The number of piperidine rings is 1. The molecule has 1 aliphatic heterocycles. The molecule has 0 bridgehead atoms. The van der Waals surface area contributed by atoms with E-state index in [2.05, 4.69) is 29.4 Å². The maximum atomic E-state index is 13.6. The van der Waals surface area contributed by atoms with Crippen molar-refractivity contribution in [1.29, 1.82) is 0 Å². The molecule has 0 aromatic carbocycles. The number of fused-ring (bicyclic) bond motifs is 2. The molecule has 3 aromatic heterocycles. The Labute approximate surface area is 193 Å². The summed E-state index contributed by atoms with van der Waals surface area (Å²) in [4.78, 5) is 20.6. The fourth-order valence-electron chi connectivity index (χ4n) is 6.16. The molecule has 174 valence electrons. The van der Waals surface area contributed by atoms with E-state index in [0.29, 0.717) is 11.6 Å². The number of H-pyrrole nitrogens is 1. The molecule has 6 rings (SSSR count). The molecule has 2 aliphatic carbocycles. The first-order valence-electron chi connectivity index (χ1n) is 12.6. The molecule has 2 fully saturated rings. The van der Waals surface area contributed by atoms with Crippen LogP contribution in [-0.4, -0.2) is 48.2 Å². The van der Waals surface area contributed by atoms with Crippen LogP contribution in [0.1, 0.15) is 102 Å². The minimum Gasteiger partial charge on any atom is -0.329 e. The second kappa shape index (κ2) is 8.24. The van der Waals surface area contributed by atoms with Gasteiger partial charge < -0.3 is 10.6 Å². The number of aryl methyl sites for hydroxylation is 2. The Hall–Kier alpha value is -2.74. The van der Waals surface area contributed by atoms with Crippen LogP contribution >= 0.6 is 0 Å². The molecule has 3 aromatic rings. The maximum absolute atomic E-state index is 13.6. The number of nitrogens with one attached hydrogen (secondary N) is 1. The number of aromatic nitrogens is 5. The van der Waals surface area contributed by atoms with Crippen LogP contribution in [-0.2, 0) is 12.8 Å². The lowest BCUT2D eigenvalue weighted by Gasteiger charge is -2.34. The molecule has 8 nitrogen and oxygen atoms in total. The summed E-state index contributed by atoms with van der Waals surface area (Å²) in [7, 11) is 0. The Kier molecular flexibility index (Phi) is 5.20. The summed E-state index contributed by atoms with van der Waals surface area (Å²) >= 11 is 0. The number of aromatic amines is 1. The molecule has 1 unspecified atom stereocenters. The molecule has 1 saturated heterocycles. The SMILES string of the molecule is Cc1cn2nc([C@@H]3CCCCN3C(=O)c3n[nH]c4c3CCCC4)cc2nc1C1CC[C@H](N)C1. The van der Waals surface area contributed by atoms with Gasteiger partial charge in [0.25, 0.3) is 5.91 Å². The van der Waals surface area contributed by atoms with Crippen LogP contribution in [0.5, 0.6) is 0 Å². The third kappa shape index (κ3) is 3.64. The van der Waals surface area contributed by atoms with Crippen molar-refractivity contribution in [1.82, 2.24) is 29.7 Å². The minimum absolute atomic E-state index is 0.0347. The number of nitrogens with two attached hydrogens (primary N) is 1. The van der Waals surface area contributed by atoms with Crippen LogP contribution < -0.4 is 5.73 Å². The summed E-state index contributed by atoms with van der Waals surface area (Å²) < 4.78 is 1.89. The van der Waals surface area contributed by atoms with E-state index in [1.165, 1.54) is 0 Å². The number of hydrogen-bond acceptors (Lipinski definition) is 5. The van der Waals surface area contributed by atoms with E-state index < -0.39 is 0 Å². The number of hydrogen-bond donors (Lipinski definition) is 2. The van der Waals surface area contributed by atoms with Crippen molar-refractivity contribution in [3.63, 3.8) is 0 Å². The summed E-state index contributed by atoms with van der Waals surface area (Å²) in [5.74, 6) is 0.475. The largest absolute Gasteiger partial charge is 0.329 e. The molecular formula is C25H33N7O. The van der Waals surface area contributed by atoms with E-state index in [0.717, 1.165) is 105 Å². The second-order valence-electron chi connectivity index (χ2n) is 10.2. The van der Waals surface area contributed by atoms with Gasteiger partial charge in [-0.3, -0.25) is 9.89 Å². The highest BCUT2D eigenvalue weighted by molar-refractivity contribution is 5.94. The number of carbonyl (C=O) groups is 1. The predicted molar refractivity (Wildman–Crippen MR) is 125 cm³/mol. The summed E-state index contributed by atoms with van der Waals surface area (Å²) in [6.07, 6.45) is 12.5. The van der Waals surface area contributed by atoms with Crippen molar-refractivity contribution >= 4 is 11.6 Å². The highest BCUT2D eigenvalue weighted by atomic mass is 16.2. The van der Waals surface area contributed by atoms with E-state index >= 15 is 0 Å². The molecular weight excluding hydrogens is 414 g/mol. The van der Waals surface area contributed by atoms with Gasteiger partial charge in [0, 0.05) is 42.0 Å². The molecule has 0 radical (unpaired) electrons. The number of likely N-dealkylation sites (tertiary alicyclic amines) is 1. The highest BCUT2D eigenvalue weighted by Gasteiger charge is 2.34. The van der Waals surface area contributed by atoms with Gasteiger partial charge in [0.15, 0.2) is 11.3 Å². The van der Waals surface area contributed by atoms with Crippen LogP contribution in [0.25, 0.3) is 5.65 Å². The van der Waals surface area contributed by atoms with Gasteiger partial charge in [0.1, 0.15) is 0 Å². The zero-order valence-corrected chi connectivity index (χ0v) is 19.4. The van der Waals surface area contributed by atoms with Crippen LogP contribution in [0.15, 0.2) is 12.3 Å². The quantitative estimate of drug-likeness (QED) is 0.638.